The molecule has 0 radical (unpaired) electrons. The molecule has 172 valence electrons. The molecule has 0 heterocycles. The van der Waals surface area contributed by atoms with Crippen LogP contribution in [0, 0.1) is 0 Å². The summed E-state index contributed by atoms with van der Waals surface area (Å²) in [5.74, 6) is 0. The van der Waals surface area contributed by atoms with Gasteiger partial charge in [0.25, 0.3) is 0 Å². The molecule has 0 spiro atoms. The van der Waals surface area contributed by atoms with Gasteiger partial charge in [-0.05, 0) is 75.1 Å². The predicted octanol–water partition coefficient (Wildman–Crippen LogP) is 9.78. The van der Waals surface area contributed by atoms with Crippen LogP contribution in [0.2, 0.25) is 0 Å². The van der Waals surface area contributed by atoms with E-state index in [4.69, 9.17) is 4.74 Å². The maximum absolute atomic E-state index is 5.76. The summed E-state index contributed by atoms with van der Waals surface area (Å²) in [7, 11) is -1.17. The molecule has 4 rings (SSSR count). The number of hydrogen-bond acceptors (Lipinski definition) is 1. The molecule has 0 aromatic carbocycles. The van der Waals surface area contributed by atoms with Crippen LogP contribution in [0.4, 0.5) is 0 Å². The number of nitrogens with zero attached hydrogens (tertiary/aromatic N) is 1. The Kier molecular flexibility index (Phi) is 13.1. The van der Waals surface area contributed by atoms with E-state index in [1.165, 1.54) is 102 Å². The van der Waals surface area contributed by atoms with Gasteiger partial charge in [0.1, 0.15) is 0 Å². The Labute approximate surface area is 208 Å². The van der Waals surface area contributed by atoms with E-state index in [0.29, 0.717) is 0 Å². The average Bonchev–Trinajstić information content (AvgIpc) is 3.59. The Bertz CT molecular complexity index is 609. The molecule has 0 aliphatic heterocycles. The largest absolute Gasteiger partial charge is 0.271 e. The van der Waals surface area contributed by atoms with Gasteiger partial charge in [0.15, 0.2) is 0 Å². The third-order valence-corrected chi connectivity index (χ3v) is 13.4. The van der Waals surface area contributed by atoms with Gasteiger partial charge < -0.3 is 0 Å². The molecule has 0 saturated heterocycles. The Morgan fingerprint density at radius 1 is 0.935 bits per heavy atom. The molecular formula is C28H46NPTi. The SMILES string of the molecule is C1=CCC(N=P(C2CCCC2)(C2CCCC2)C2CCCC2)=C1.C=CC=CCCCC.[Ti]. The molecular weight excluding hydrogens is 429 g/mol. The second-order valence-electron chi connectivity index (χ2n) is 9.80. The van der Waals surface area contributed by atoms with Gasteiger partial charge in [-0.2, -0.15) is 0 Å². The zero-order valence-electron chi connectivity index (χ0n) is 20.1. The minimum absolute atomic E-state index is 0. The summed E-state index contributed by atoms with van der Waals surface area (Å²) >= 11 is 0. The van der Waals surface area contributed by atoms with Crippen LogP contribution < -0.4 is 0 Å². The zero-order chi connectivity index (χ0) is 21.1. The summed E-state index contributed by atoms with van der Waals surface area (Å²) in [5, 5.41) is 0. The van der Waals surface area contributed by atoms with Gasteiger partial charge in [-0.25, -0.2) is 0 Å². The summed E-state index contributed by atoms with van der Waals surface area (Å²) in [6, 6.07) is 0. The third kappa shape index (κ3) is 7.45. The van der Waals surface area contributed by atoms with Crippen molar-refractivity contribution in [2.45, 2.75) is 127 Å². The number of unbranched alkanes of at least 4 members (excludes halogenated alkanes) is 2. The van der Waals surface area contributed by atoms with Crippen LogP contribution in [-0.4, -0.2) is 17.0 Å². The molecule has 0 bridgehead atoms. The number of allylic oxidation sites excluding steroid dienone is 6. The summed E-state index contributed by atoms with van der Waals surface area (Å²) in [4.78, 5) is 0. The van der Waals surface area contributed by atoms with Gasteiger partial charge >= 0.3 is 0 Å². The van der Waals surface area contributed by atoms with Crippen LogP contribution in [0.3, 0.4) is 0 Å². The van der Waals surface area contributed by atoms with Crippen molar-refractivity contribution in [2.75, 3.05) is 0 Å². The summed E-state index contributed by atoms with van der Waals surface area (Å²) in [5.41, 5.74) is 4.44. The third-order valence-electron chi connectivity index (χ3n) is 7.78. The molecule has 0 unspecified atom stereocenters. The molecule has 0 aromatic rings. The molecule has 1 nitrogen and oxygen atoms in total. The Morgan fingerprint density at radius 3 is 1.84 bits per heavy atom. The quantitative estimate of drug-likeness (QED) is 0.143. The molecule has 3 fully saturated rings. The fourth-order valence-electron chi connectivity index (χ4n) is 6.34. The van der Waals surface area contributed by atoms with Crippen LogP contribution in [0.25, 0.3) is 0 Å². The van der Waals surface area contributed by atoms with E-state index in [-0.39, 0.29) is 21.7 Å². The molecule has 0 N–H and O–H groups in total. The van der Waals surface area contributed by atoms with Crippen molar-refractivity contribution < 1.29 is 21.7 Å². The van der Waals surface area contributed by atoms with Crippen LogP contribution in [0.1, 0.15) is 110 Å². The van der Waals surface area contributed by atoms with Gasteiger partial charge in [0.05, 0.1) is 0 Å². The van der Waals surface area contributed by atoms with Crippen molar-refractivity contribution in [1.82, 2.24) is 0 Å². The van der Waals surface area contributed by atoms with E-state index in [2.05, 4.69) is 37.8 Å². The molecule has 3 saturated carbocycles. The number of hydrogen-bond donors (Lipinski definition) is 0. The van der Waals surface area contributed by atoms with E-state index in [0.717, 1.165) is 23.4 Å². The molecule has 31 heavy (non-hydrogen) atoms. The van der Waals surface area contributed by atoms with Crippen molar-refractivity contribution in [3.05, 3.63) is 48.7 Å². The number of rotatable bonds is 8. The molecule has 0 amide bonds. The fraction of sp³-hybridized carbons (Fsp3) is 0.714. The van der Waals surface area contributed by atoms with E-state index in [1.54, 1.807) is 0 Å². The van der Waals surface area contributed by atoms with E-state index in [9.17, 15) is 0 Å². The van der Waals surface area contributed by atoms with E-state index < -0.39 is 7.05 Å². The van der Waals surface area contributed by atoms with E-state index in [1.807, 2.05) is 12.2 Å². The standard InChI is InChI=1S/C20H32NP.C8H14.Ti/c1-2-10-17(9-1)21-22(18-11-3-4-12-18,19-13-5-6-14-19)20-15-7-8-16-20;1-3-5-7-8-6-4-2;/h1-2,9,18-20H,3-8,10-16H2;3,5,7H,1,4,6,8H2,2H3;. The second kappa shape index (κ2) is 14.9. The van der Waals surface area contributed by atoms with Gasteiger partial charge in [0, 0.05) is 33.8 Å². The Hall–Kier alpha value is -0.0957. The van der Waals surface area contributed by atoms with Gasteiger partial charge in [-0.3, -0.25) is 4.74 Å². The minimum atomic E-state index is -1.17. The zero-order valence-corrected chi connectivity index (χ0v) is 22.6. The Balaban J connectivity index is 0.000000329. The Morgan fingerprint density at radius 2 is 1.45 bits per heavy atom. The molecule has 3 heteroatoms. The molecule has 0 aromatic heterocycles. The first-order chi connectivity index (χ1) is 14.8. The van der Waals surface area contributed by atoms with Gasteiger partial charge in [-0.15, -0.1) is 0 Å². The van der Waals surface area contributed by atoms with Crippen LogP contribution >= 0.6 is 7.05 Å². The van der Waals surface area contributed by atoms with Crippen molar-refractivity contribution in [3.8, 4) is 0 Å². The molecule has 4 aliphatic carbocycles. The smallest absolute Gasteiger partial charge is 0.0425 e. The minimum Gasteiger partial charge on any atom is -0.271 e. The maximum atomic E-state index is 5.76. The fourth-order valence-corrected chi connectivity index (χ4v) is 12.8. The summed E-state index contributed by atoms with van der Waals surface area (Å²) < 4.78 is 5.76. The van der Waals surface area contributed by atoms with Crippen molar-refractivity contribution in [2.24, 2.45) is 4.74 Å². The first kappa shape index (κ1) is 27.2. The first-order valence-electron chi connectivity index (χ1n) is 13.1. The van der Waals surface area contributed by atoms with Crippen molar-refractivity contribution in [3.63, 3.8) is 0 Å². The monoisotopic (exact) mass is 475 g/mol. The first-order valence-corrected chi connectivity index (χ1v) is 15.0. The second-order valence-corrected chi connectivity index (χ2v) is 13.8. The van der Waals surface area contributed by atoms with Crippen molar-refractivity contribution in [1.29, 1.82) is 0 Å². The predicted molar refractivity (Wildman–Crippen MR) is 137 cm³/mol. The average molecular weight is 476 g/mol. The maximum Gasteiger partial charge on any atom is 0.0425 e. The normalized spacial score (nSPS) is 22.4. The van der Waals surface area contributed by atoms with Gasteiger partial charge in [-0.1, -0.05) is 95.2 Å². The topological polar surface area (TPSA) is 12.4 Å². The van der Waals surface area contributed by atoms with Crippen LogP contribution in [0.5, 0.6) is 0 Å². The van der Waals surface area contributed by atoms with Crippen molar-refractivity contribution >= 4 is 7.05 Å². The molecule has 4 aliphatic rings. The summed E-state index contributed by atoms with van der Waals surface area (Å²) in [6.45, 7) is 5.77. The summed E-state index contributed by atoms with van der Waals surface area (Å²) in [6.07, 6.45) is 35.7. The van der Waals surface area contributed by atoms with Crippen LogP contribution in [-0.2, 0) is 21.7 Å². The van der Waals surface area contributed by atoms with E-state index >= 15 is 0 Å². The molecule has 0 atom stereocenters. The van der Waals surface area contributed by atoms with Crippen LogP contribution in [0.15, 0.2) is 53.5 Å². The van der Waals surface area contributed by atoms with Gasteiger partial charge in [0.2, 0.25) is 0 Å².